The molecule has 0 atom stereocenters. The van der Waals surface area contributed by atoms with E-state index in [0.29, 0.717) is 22.9 Å². The van der Waals surface area contributed by atoms with Gasteiger partial charge in [-0.25, -0.2) is 4.98 Å². The molecule has 2 aromatic carbocycles. The number of hydrogen-bond acceptors (Lipinski definition) is 6. The molecule has 9 heteroatoms. The van der Waals surface area contributed by atoms with Crippen LogP contribution in [-0.2, 0) is 6.18 Å². The molecule has 1 heterocycles. The van der Waals surface area contributed by atoms with Crippen LogP contribution in [0.4, 0.5) is 36.3 Å². The highest BCUT2D eigenvalue weighted by atomic mass is 19.4. The Hall–Kier alpha value is -3.49. The Morgan fingerprint density at radius 1 is 0.867 bits per heavy atom. The van der Waals surface area contributed by atoms with Crippen LogP contribution in [0.3, 0.4) is 0 Å². The van der Waals surface area contributed by atoms with Crippen LogP contribution in [0.15, 0.2) is 54.7 Å². The number of halogens is 3. The molecule has 6 nitrogen and oxygen atoms in total. The molecule has 3 aromatic rings. The van der Waals surface area contributed by atoms with E-state index >= 15 is 0 Å². The summed E-state index contributed by atoms with van der Waals surface area (Å²) in [5, 5.41) is 5.60. The Morgan fingerprint density at radius 3 is 1.97 bits per heavy atom. The zero-order valence-electron chi connectivity index (χ0n) is 16.6. The predicted octanol–water partition coefficient (Wildman–Crippen LogP) is 5.78. The fraction of sp³-hybridized carbons (Fsp3) is 0.238. The number of methoxy groups -OCH3 is 1. The number of ether oxygens (including phenoxy) is 2. The summed E-state index contributed by atoms with van der Waals surface area (Å²) in [4.78, 5) is 7.83. The van der Waals surface area contributed by atoms with Gasteiger partial charge >= 0.3 is 6.18 Å². The summed E-state index contributed by atoms with van der Waals surface area (Å²) in [6.45, 7) is 3.78. The molecule has 3 rings (SSSR count). The van der Waals surface area contributed by atoms with E-state index in [2.05, 4.69) is 20.6 Å². The molecule has 0 fully saturated rings. The van der Waals surface area contributed by atoms with Crippen LogP contribution in [0.1, 0.15) is 19.4 Å². The van der Waals surface area contributed by atoms with Crippen molar-refractivity contribution in [1.82, 2.24) is 9.97 Å². The van der Waals surface area contributed by atoms with Crippen molar-refractivity contribution in [2.45, 2.75) is 26.1 Å². The van der Waals surface area contributed by atoms with Gasteiger partial charge in [-0.2, -0.15) is 18.2 Å². The number of nitrogens with one attached hydrogen (secondary N) is 2. The summed E-state index contributed by atoms with van der Waals surface area (Å²) >= 11 is 0. The quantitative estimate of drug-likeness (QED) is 0.507. The van der Waals surface area contributed by atoms with Crippen LogP contribution in [-0.4, -0.2) is 23.2 Å². The maximum absolute atomic E-state index is 13.4. The maximum atomic E-state index is 13.4. The highest BCUT2D eigenvalue weighted by molar-refractivity contribution is 5.63. The van der Waals surface area contributed by atoms with Crippen molar-refractivity contribution in [2.75, 3.05) is 17.7 Å². The summed E-state index contributed by atoms with van der Waals surface area (Å²) in [7, 11) is 1.54. The van der Waals surface area contributed by atoms with Crippen molar-refractivity contribution in [3.8, 4) is 11.5 Å². The standard InChI is InChI=1S/C21H21F3N4O2/c1-13(2)30-17-10-6-14(7-11-17)26-19-18(21(22,23)24)12-25-20(28-19)27-15-4-8-16(29-3)9-5-15/h4-13H,1-3H3,(H2,25,26,27,28). The molecule has 0 radical (unpaired) electrons. The average Bonchev–Trinajstić information content (AvgIpc) is 2.69. The molecule has 0 aliphatic heterocycles. The normalized spacial score (nSPS) is 11.3. The third-order valence-electron chi connectivity index (χ3n) is 3.93. The average molecular weight is 418 g/mol. The minimum Gasteiger partial charge on any atom is -0.497 e. The third kappa shape index (κ3) is 5.53. The van der Waals surface area contributed by atoms with Crippen molar-refractivity contribution in [3.63, 3.8) is 0 Å². The number of benzene rings is 2. The molecule has 2 N–H and O–H groups in total. The van der Waals surface area contributed by atoms with Crippen molar-refractivity contribution in [1.29, 1.82) is 0 Å². The second-order valence-corrected chi connectivity index (χ2v) is 6.62. The maximum Gasteiger partial charge on any atom is 0.421 e. The Morgan fingerprint density at radius 2 is 1.43 bits per heavy atom. The van der Waals surface area contributed by atoms with E-state index in [9.17, 15) is 13.2 Å². The van der Waals surface area contributed by atoms with E-state index in [1.165, 1.54) is 0 Å². The molecular formula is C21H21F3N4O2. The van der Waals surface area contributed by atoms with Gasteiger partial charge in [0.1, 0.15) is 22.9 Å². The first kappa shape index (κ1) is 21.2. The molecule has 158 valence electrons. The largest absolute Gasteiger partial charge is 0.497 e. The Bertz CT molecular complexity index is 975. The first-order chi connectivity index (χ1) is 14.2. The first-order valence-corrected chi connectivity index (χ1v) is 9.13. The Kier molecular flexibility index (Phi) is 6.29. The highest BCUT2D eigenvalue weighted by Crippen LogP contribution is 2.35. The van der Waals surface area contributed by atoms with Gasteiger partial charge < -0.3 is 20.1 Å². The number of rotatable bonds is 7. The van der Waals surface area contributed by atoms with Crippen molar-refractivity contribution in [3.05, 3.63) is 60.3 Å². The lowest BCUT2D eigenvalue weighted by molar-refractivity contribution is -0.137. The lowest BCUT2D eigenvalue weighted by atomic mass is 10.2. The predicted molar refractivity (Wildman–Crippen MR) is 109 cm³/mol. The number of nitrogens with zero attached hydrogens (tertiary/aromatic N) is 2. The fourth-order valence-corrected chi connectivity index (χ4v) is 2.57. The number of anilines is 4. The molecule has 1 aromatic heterocycles. The SMILES string of the molecule is COc1ccc(Nc2ncc(C(F)(F)F)c(Nc3ccc(OC(C)C)cc3)n2)cc1. The van der Waals surface area contributed by atoms with Crippen LogP contribution in [0.25, 0.3) is 0 Å². The zero-order valence-corrected chi connectivity index (χ0v) is 16.6. The Labute approximate surface area is 172 Å². The second kappa shape index (κ2) is 8.89. The van der Waals surface area contributed by atoms with E-state index in [0.717, 1.165) is 6.20 Å². The minimum absolute atomic E-state index is 0.00547. The van der Waals surface area contributed by atoms with Crippen LogP contribution >= 0.6 is 0 Å². The van der Waals surface area contributed by atoms with Crippen molar-refractivity contribution in [2.24, 2.45) is 0 Å². The van der Waals surface area contributed by atoms with Crippen molar-refractivity contribution < 1.29 is 22.6 Å². The summed E-state index contributed by atoms with van der Waals surface area (Å²) in [6, 6.07) is 13.4. The van der Waals surface area contributed by atoms with Gasteiger partial charge in [-0.3, -0.25) is 0 Å². The van der Waals surface area contributed by atoms with E-state index < -0.39 is 11.7 Å². The lowest BCUT2D eigenvalue weighted by Gasteiger charge is -2.15. The molecule has 0 bridgehead atoms. The van der Waals surface area contributed by atoms with E-state index in [1.54, 1.807) is 55.6 Å². The smallest absolute Gasteiger partial charge is 0.421 e. The van der Waals surface area contributed by atoms with Gasteiger partial charge in [0.05, 0.1) is 13.2 Å². The number of alkyl halides is 3. The van der Waals surface area contributed by atoms with Gasteiger partial charge in [0, 0.05) is 17.6 Å². The van der Waals surface area contributed by atoms with E-state index in [4.69, 9.17) is 9.47 Å². The van der Waals surface area contributed by atoms with Gasteiger partial charge in [0.2, 0.25) is 5.95 Å². The Balaban J connectivity index is 1.85. The topological polar surface area (TPSA) is 68.3 Å². The molecule has 0 unspecified atom stereocenters. The molecule has 0 aliphatic carbocycles. The van der Waals surface area contributed by atoms with Crippen LogP contribution in [0, 0.1) is 0 Å². The van der Waals surface area contributed by atoms with Gasteiger partial charge in [0.15, 0.2) is 0 Å². The molecular weight excluding hydrogens is 397 g/mol. The van der Waals surface area contributed by atoms with Gasteiger partial charge in [-0.15, -0.1) is 0 Å². The molecule has 0 spiro atoms. The zero-order chi connectivity index (χ0) is 21.7. The van der Waals surface area contributed by atoms with E-state index in [-0.39, 0.29) is 17.9 Å². The van der Waals surface area contributed by atoms with Gasteiger partial charge in [0.25, 0.3) is 0 Å². The number of aromatic nitrogens is 2. The summed E-state index contributed by atoms with van der Waals surface area (Å²) in [5.41, 5.74) is 0.0766. The van der Waals surface area contributed by atoms with Crippen LogP contribution in [0.5, 0.6) is 11.5 Å². The summed E-state index contributed by atoms with van der Waals surface area (Å²) < 4.78 is 50.9. The third-order valence-corrected chi connectivity index (χ3v) is 3.93. The lowest BCUT2D eigenvalue weighted by Crippen LogP contribution is -2.12. The van der Waals surface area contributed by atoms with Crippen LogP contribution < -0.4 is 20.1 Å². The fourth-order valence-electron chi connectivity index (χ4n) is 2.57. The number of hydrogen-bond donors (Lipinski definition) is 2. The monoisotopic (exact) mass is 418 g/mol. The molecule has 0 saturated heterocycles. The molecule has 0 aliphatic rings. The molecule has 0 amide bonds. The minimum atomic E-state index is -4.61. The van der Waals surface area contributed by atoms with Gasteiger partial charge in [-0.1, -0.05) is 0 Å². The van der Waals surface area contributed by atoms with Crippen molar-refractivity contribution >= 4 is 23.1 Å². The summed E-state index contributed by atoms with van der Waals surface area (Å²) in [5.74, 6) is 0.943. The second-order valence-electron chi connectivity index (χ2n) is 6.62. The molecule has 30 heavy (non-hydrogen) atoms. The van der Waals surface area contributed by atoms with E-state index in [1.807, 2.05) is 13.8 Å². The summed E-state index contributed by atoms with van der Waals surface area (Å²) in [6.07, 6.45) is -3.87. The first-order valence-electron chi connectivity index (χ1n) is 9.13. The van der Waals surface area contributed by atoms with Crippen LogP contribution in [0.2, 0.25) is 0 Å². The molecule has 0 saturated carbocycles. The highest BCUT2D eigenvalue weighted by Gasteiger charge is 2.35. The van der Waals surface area contributed by atoms with Gasteiger partial charge in [-0.05, 0) is 62.4 Å².